The number of carbonyl (C=O) groups excluding carboxylic acids is 1. The number of carboxylic acid groups (broad SMARTS) is 1. The van der Waals surface area contributed by atoms with Gasteiger partial charge in [0.15, 0.2) is 5.96 Å². The number of nitrogens with two attached hydrogens (primary N) is 2. The highest BCUT2D eigenvalue weighted by Crippen LogP contribution is 2.10. The second-order valence-electron chi connectivity index (χ2n) is 4.77. The van der Waals surface area contributed by atoms with Crippen LogP contribution >= 0.6 is 0 Å². The zero-order valence-electron chi connectivity index (χ0n) is 12.1. The molecule has 0 bridgehead atoms. The van der Waals surface area contributed by atoms with Gasteiger partial charge in [0.2, 0.25) is 5.91 Å². The Labute approximate surface area is 128 Å². The molecule has 0 heterocycles. The minimum absolute atomic E-state index is 0.179. The molecule has 1 amide bonds. The summed E-state index contributed by atoms with van der Waals surface area (Å²) in [7, 11) is 0. The highest BCUT2D eigenvalue weighted by Gasteiger charge is 2.23. The number of hydrogen-bond donors (Lipinski definition) is 6. The average Bonchev–Trinajstić information content (AvgIpc) is 2.49. The van der Waals surface area contributed by atoms with Crippen molar-refractivity contribution in [2.75, 3.05) is 6.54 Å². The van der Waals surface area contributed by atoms with Gasteiger partial charge in [-0.05, 0) is 18.4 Å². The third kappa shape index (κ3) is 5.80. The normalized spacial score (nSPS) is 13.0. The molecule has 0 radical (unpaired) electrons. The van der Waals surface area contributed by atoms with E-state index in [0.717, 1.165) is 0 Å². The quantitative estimate of drug-likeness (QED) is 0.216. The maximum absolute atomic E-state index is 12.0. The van der Waals surface area contributed by atoms with Crippen molar-refractivity contribution >= 4 is 17.8 Å². The molecule has 0 aliphatic carbocycles. The SMILES string of the molecule is N=C(N)NCCC[C@H](NC(=O)[C@@H](N)c1ccccc1)C(=O)O. The van der Waals surface area contributed by atoms with Crippen molar-refractivity contribution in [3.05, 3.63) is 35.9 Å². The summed E-state index contributed by atoms with van der Waals surface area (Å²) in [6.07, 6.45) is 0.653. The highest BCUT2D eigenvalue weighted by molar-refractivity contribution is 5.87. The predicted octanol–water partition coefficient (Wildman–Crippen LogP) is -0.481. The molecule has 0 saturated carbocycles. The van der Waals surface area contributed by atoms with Crippen LogP contribution in [0.15, 0.2) is 30.3 Å². The smallest absolute Gasteiger partial charge is 0.326 e. The van der Waals surface area contributed by atoms with E-state index >= 15 is 0 Å². The molecule has 8 heteroatoms. The van der Waals surface area contributed by atoms with Crippen LogP contribution in [0.5, 0.6) is 0 Å². The van der Waals surface area contributed by atoms with Gasteiger partial charge in [0.05, 0.1) is 0 Å². The first-order valence-electron chi connectivity index (χ1n) is 6.83. The van der Waals surface area contributed by atoms with Crippen LogP contribution in [-0.4, -0.2) is 35.5 Å². The van der Waals surface area contributed by atoms with E-state index < -0.39 is 24.0 Å². The van der Waals surface area contributed by atoms with Crippen molar-refractivity contribution in [1.29, 1.82) is 5.41 Å². The number of amides is 1. The molecule has 1 aromatic carbocycles. The van der Waals surface area contributed by atoms with E-state index in [1.165, 1.54) is 0 Å². The summed E-state index contributed by atoms with van der Waals surface area (Å²) in [5, 5.41) is 21.1. The van der Waals surface area contributed by atoms with Crippen molar-refractivity contribution in [1.82, 2.24) is 10.6 Å². The lowest BCUT2D eigenvalue weighted by Gasteiger charge is -2.18. The number of aliphatic carboxylic acids is 1. The fourth-order valence-electron chi connectivity index (χ4n) is 1.86. The van der Waals surface area contributed by atoms with Gasteiger partial charge in [-0.3, -0.25) is 10.2 Å². The van der Waals surface area contributed by atoms with Gasteiger partial charge in [-0.25, -0.2) is 4.79 Å². The van der Waals surface area contributed by atoms with E-state index in [-0.39, 0.29) is 12.4 Å². The van der Waals surface area contributed by atoms with Gasteiger partial charge in [0.1, 0.15) is 12.1 Å². The molecule has 0 saturated heterocycles. The van der Waals surface area contributed by atoms with Gasteiger partial charge < -0.3 is 27.2 Å². The molecule has 0 aliphatic rings. The zero-order valence-corrected chi connectivity index (χ0v) is 12.1. The van der Waals surface area contributed by atoms with Gasteiger partial charge >= 0.3 is 5.97 Å². The molecule has 120 valence electrons. The molecule has 22 heavy (non-hydrogen) atoms. The molecular weight excluding hydrogens is 286 g/mol. The molecule has 0 unspecified atom stereocenters. The first kappa shape index (κ1) is 17.4. The zero-order chi connectivity index (χ0) is 16.5. The molecule has 8 nitrogen and oxygen atoms in total. The molecule has 0 aromatic heterocycles. The molecule has 1 aromatic rings. The van der Waals surface area contributed by atoms with Crippen LogP contribution < -0.4 is 22.1 Å². The molecule has 0 aliphatic heterocycles. The number of nitrogens with one attached hydrogen (secondary N) is 3. The summed E-state index contributed by atoms with van der Waals surface area (Å²) >= 11 is 0. The summed E-state index contributed by atoms with van der Waals surface area (Å²) < 4.78 is 0. The second kappa shape index (κ2) is 8.63. The monoisotopic (exact) mass is 307 g/mol. The van der Waals surface area contributed by atoms with Crippen molar-refractivity contribution < 1.29 is 14.7 Å². The summed E-state index contributed by atoms with van der Waals surface area (Å²) in [5.41, 5.74) is 11.6. The Balaban J connectivity index is 2.53. The average molecular weight is 307 g/mol. The lowest BCUT2D eigenvalue weighted by Crippen LogP contribution is -2.45. The number of hydrogen-bond acceptors (Lipinski definition) is 4. The van der Waals surface area contributed by atoms with E-state index in [2.05, 4.69) is 10.6 Å². The highest BCUT2D eigenvalue weighted by atomic mass is 16.4. The predicted molar refractivity (Wildman–Crippen MR) is 82.1 cm³/mol. The first-order chi connectivity index (χ1) is 10.4. The largest absolute Gasteiger partial charge is 0.480 e. The number of guanidine groups is 1. The molecule has 0 fully saturated rings. The number of carboxylic acids is 1. The maximum atomic E-state index is 12.0. The van der Waals surface area contributed by atoms with Crippen LogP contribution in [0.4, 0.5) is 0 Å². The Morgan fingerprint density at radius 3 is 2.45 bits per heavy atom. The van der Waals surface area contributed by atoms with E-state index in [0.29, 0.717) is 18.5 Å². The van der Waals surface area contributed by atoms with Gasteiger partial charge in [-0.1, -0.05) is 30.3 Å². The number of rotatable bonds is 8. The lowest BCUT2D eigenvalue weighted by molar-refractivity contribution is -0.142. The summed E-state index contributed by atoms with van der Waals surface area (Å²) in [6.45, 7) is 0.361. The van der Waals surface area contributed by atoms with Crippen LogP contribution in [0.2, 0.25) is 0 Å². The Morgan fingerprint density at radius 1 is 1.27 bits per heavy atom. The van der Waals surface area contributed by atoms with E-state index in [4.69, 9.17) is 22.0 Å². The van der Waals surface area contributed by atoms with Gasteiger partial charge in [-0.15, -0.1) is 0 Å². The van der Waals surface area contributed by atoms with Crippen LogP contribution in [0.25, 0.3) is 0 Å². The standard InChI is InChI=1S/C14H21N5O3/c15-11(9-5-2-1-3-6-9)12(20)19-10(13(21)22)7-4-8-18-14(16)17/h1-3,5-6,10-11H,4,7-8,15H2,(H,19,20)(H,21,22)(H4,16,17,18)/t10-,11-/m0/s1. The molecule has 2 atom stereocenters. The lowest BCUT2D eigenvalue weighted by atomic mass is 10.1. The number of carbonyl (C=O) groups is 2. The van der Waals surface area contributed by atoms with Gasteiger partial charge in [0.25, 0.3) is 0 Å². The van der Waals surface area contributed by atoms with Gasteiger partial charge in [0, 0.05) is 6.54 Å². The number of benzene rings is 1. The van der Waals surface area contributed by atoms with Crippen LogP contribution in [0.3, 0.4) is 0 Å². The van der Waals surface area contributed by atoms with Crippen LogP contribution in [0.1, 0.15) is 24.4 Å². The van der Waals surface area contributed by atoms with E-state index in [9.17, 15) is 9.59 Å². The molecular formula is C14H21N5O3. The van der Waals surface area contributed by atoms with E-state index in [1.807, 2.05) is 0 Å². The minimum atomic E-state index is -1.13. The fourth-order valence-corrected chi connectivity index (χ4v) is 1.86. The van der Waals surface area contributed by atoms with Crippen LogP contribution in [-0.2, 0) is 9.59 Å². The Kier molecular flexibility index (Phi) is 6.84. The topological polar surface area (TPSA) is 154 Å². The first-order valence-corrected chi connectivity index (χ1v) is 6.83. The van der Waals surface area contributed by atoms with Crippen molar-refractivity contribution in [3.63, 3.8) is 0 Å². The Hall–Kier alpha value is -2.61. The fraction of sp³-hybridized carbons (Fsp3) is 0.357. The summed E-state index contributed by atoms with van der Waals surface area (Å²) in [6, 6.07) is 6.77. The Bertz CT molecular complexity index is 520. The minimum Gasteiger partial charge on any atom is -0.480 e. The van der Waals surface area contributed by atoms with Crippen molar-refractivity contribution in [3.8, 4) is 0 Å². The van der Waals surface area contributed by atoms with Crippen LogP contribution in [0, 0.1) is 5.41 Å². The maximum Gasteiger partial charge on any atom is 0.326 e. The Morgan fingerprint density at radius 2 is 1.91 bits per heavy atom. The molecule has 0 spiro atoms. The summed E-state index contributed by atoms with van der Waals surface area (Å²) in [5.74, 6) is -1.85. The van der Waals surface area contributed by atoms with Gasteiger partial charge in [-0.2, -0.15) is 0 Å². The van der Waals surface area contributed by atoms with Crippen molar-refractivity contribution in [2.24, 2.45) is 11.5 Å². The summed E-state index contributed by atoms with van der Waals surface area (Å²) in [4.78, 5) is 23.2. The molecule has 8 N–H and O–H groups in total. The van der Waals surface area contributed by atoms with Crippen molar-refractivity contribution in [2.45, 2.75) is 24.9 Å². The molecule has 1 rings (SSSR count). The van der Waals surface area contributed by atoms with E-state index in [1.54, 1.807) is 30.3 Å². The third-order valence-electron chi connectivity index (χ3n) is 3.04. The second-order valence-corrected chi connectivity index (χ2v) is 4.77. The third-order valence-corrected chi connectivity index (χ3v) is 3.04.